The summed E-state index contributed by atoms with van der Waals surface area (Å²) in [5, 5.41) is 8.32. The van der Waals surface area contributed by atoms with Crippen LogP contribution in [0.3, 0.4) is 0 Å². The summed E-state index contributed by atoms with van der Waals surface area (Å²) >= 11 is 0. The Bertz CT molecular complexity index is 698. The van der Waals surface area contributed by atoms with Crippen molar-refractivity contribution in [3.05, 3.63) is 95.6 Å². The first-order valence-electron chi connectivity index (χ1n) is 7.56. The highest BCUT2D eigenvalue weighted by Crippen LogP contribution is 2.35. The molecule has 0 amide bonds. The van der Waals surface area contributed by atoms with E-state index in [4.69, 9.17) is 5.41 Å². The molecular weight excluding hydrogens is 266 g/mol. The van der Waals surface area contributed by atoms with Gasteiger partial charge in [0.2, 0.25) is 0 Å². The summed E-state index contributed by atoms with van der Waals surface area (Å²) in [7, 11) is 0. The van der Waals surface area contributed by atoms with Gasteiger partial charge in [-0.3, -0.25) is 0 Å². The number of hydrogen-bond acceptors (Lipinski definition) is 1. The second kappa shape index (κ2) is 7.04. The number of hydrogen-bond donors (Lipinski definition) is 1. The maximum Gasteiger partial charge on any atom is 0.0615 e. The summed E-state index contributed by atoms with van der Waals surface area (Å²) in [6, 6.07) is 8.44. The summed E-state index contributed by atoms with van der Waals surface area (Å²) in [6.07, 6.45) is 10.6. The van der Waals surface area contributed by atoms with E-state index in [1.165, 1.54) is 16.7 Å². The van der Waals surface area contributed by atoms with Crippen LogP contribution in [-0.2, 0) is 0 Å². The van der Waals surface area contributed by atoms with Gasteiger partial charge in [-0.25, -0.2) is 0 Å². The standard InChI is InChI=1S/C21H23N/c1-5-17-18(6-2)21(22)14-12-15(3)11-13-20(17)19-10-8-7-9-16(19)4/h5-12,14,20,22H,1-2,13H2,3-4H3/b14-12-,15-11-,18-17-,22-21?. The van der Waals surface area contributed by atoms with E-state index in [2.05, 4.69) is 57.3 Å². The summed E-state index contributed by atoms with van der Waals surface area (Å²) in [6.45, 7) is 12.1. The van der Waals surface area contributed by atoms with Crippen LogP contribution in [0.4, 0.5) is 0 Å². The Morgan fingerprint density at radius 3 is 2.45 bits per heavy atom. The van der Waals surface area contributed by atoms with Crippen molar-refractivity contribution in [2.24, 2.45) is 0 Å². The fourth-order valence-electron chi connectivity index (χ4n) is 2.90. The van der Waals surface area contributed by atoms with Gasteiger partial charge in [-0.2, -0.15) is 0 Å². The molecule has 1 aromatic carbocycles. The zero-order chi connectivity index (χ0) is 16.1. The van der Waals surface area contributed by atoms with E-state index in [0.717, 1.165) is 17.6 Å². The molecule has 2 rings (SSSR count). The number of rotatable bonds is 3. The van der Waals surface area contributed by atoms with Crippen molar-refractivity contribution in [2.45, 2.75) is 26.2 Å². The molecule has 0 radical (unpaired) electrons. The fraction of sp³-hybridized carbons (Fsp3) is 0.190. The maximum atomic E-state index is 8.32. The topological polar surface area (TPSA) is 23.9 Å². The summed E-state index contributed by atoms with van der Waals surface area (Å²) in [5.74, 6) is 0.196. The highest BCUT2D eigenvalue weighted by atomic mass is 14.4. The zero-order valence-electron chi connectivity index (χ0n) is 13.4. The van der Waals surface area contributed by atoms with Gasteiger partial charge in [-0.05, 0) is 43.0 Å². The van der Waals surface area contributed by atoms with E-state index in [1.54, 1.807) is 6.08 Å². The number of benzene rings is 1. The summed E-state index contributed by atoms with van der Waals surface area (Å²) in [5.41, 5.74) is 6.15. The summed E-state index contributed by atoms with van der Waals surface area (Å²) < 4.78 is 0. The highest BCUT2D eigenvalue weighted by molar-refractivity contribution is 6.09. The molecule has 1 nitrogen and oxygen atoms in total. The van der Waals surface area contributed by atoms with Crippen LogP contribution in [0.2, 0.25) is 0 Å². The Morgan fingerprint density at radius 2 is 1.82 bits per heavy atom. The first-order valence-corrected chi connectivity index (χ1v) is 7.56. The van der Waals surface area contributed by atoms with Crippen molar-refractivity contribution < 1.29 is 0 Å². The predicted molar refractivity (Wildman–Crippen MR) is 96.6 cm³/mol. The molecule has 1 atom stereocenters. The lowest BCUT2D eigenvalue weighted by molar-refractivity contribution is 0.815. The van der Waals surface area contributed by atoms with Crippen molar-refractivity contribution >= 4 is 5.71 Å². The van der Waals surface area contributed by atoms with Crippen molar-refractivity contribution in [3.8, 4) is 0 Å². The molecule has 0 aromatic heterocycles. The summed E-state index contributed by atoms with van der Waals surface area (Å²) in [4.78, 5) is 0. The van der Waals surface area contributed by atoms with Crippen molar-refractivity contribution in [1.29, 1.82) is 5.41 Å². The molecule has 0 aliphatic heterocycles. The SMILES string of the molecule is C=C/C1=C(\C=C)C(c2ccccc2C)C/C=C(C)\C=C/C1=N. The minimum absolute atomic E-state index is 0.196. The van der Waals surface area contributed by atoms with Gasteiger partial charge in [-0.15, -0.1) is 0 Å². The van der Waals surface area contributed by atoms with Crippen LogP contribution in [0.15, 0.2) is 84.5 Å². The molecule has 1 heteroatoms. The average molecular weight is 289 g/mol. The van der Waals surface area contributed by atoms with Crippen LogP contribution >= 0.6 is 0 Å². The van der Waals surface area contributed by atoms with E-state index in [-0.39, 0.29) is 5.92 Å². The van der Waals surface area contributed by atoms with Gasteiger partial charge in [0.25, 0.3) is 0 Å². The van der Waals surface area contributed by atoms with E-state index >= 15 is 0 Å². The van der Waals surface area contributed by atoms with E-state index < -0.39 is 0 Å². The Balaban J connectivity index is 2.69. The van der Waals surface area contributed by atoms with E-state index in [1.807, 2.05) is 18.2 Å². The van der Waals surface area contributed by atoms with Crippen molar-refractivity contribution in [2.75, 3.05) is 0 Å². The van der Waals surface area contributed by atoms with Gasteiger partial charge in [0.15, 0.2) is 0 Å². The van der Waals surface area contributed by atoms with Crippen LogP contribution in [0.5, 0.6) is 0 Å². The lowest BCUT2D eigenvalue weighted by Crippen LogP contribution is -2.08. The molecule has 112 valence electrons. The minimum Gasteiger partial charge on any atom is -0.300 e. The second-order valence-electron chi connectivity index (χ2n) is 5.62. The maximum absolute atomic E-state index is 8.32. The molecule has 0 spiro atoms. The normalized spacial score (nSPS) is 26.2. The molecule has 1 aliphatic rings. The van der Waals surface area contributed by atoms with Crippen LogP contribution in [-0.4, -0.2) is 5.71 Å². The minimum atomic E-state index is 0.196. The molecule has 1 aliphatic carbocycles. The molecule has 1 aromatic rings. The largest absolute Gasteiger partial charge is 0.300 e. The first-order chi connectivity index (χ1) is 10.6. The first kappa shape index (κ1) is 16.0. The smallest absolute Gasteiger partial charge is 0.0615 e. The molecule has 0 fully saturated rings. The monoisotopic (exact) mass is 289 g/mol. The van der Waals surface area contributed by atoms with Crippen LogP contribution in [0.1, 0.15) is 30.4 Å². The third kappa shape index (κ3) is 3.25. The van der Waals surface area contributed by atoms with Crippen LogP contribution < -0.4 is 0 Å². The lowest BCUT2D eigenvalue weighted by atomic mass is 9.82. The molecule has 0 heterocycles. The van der Waals surface area contributed by atoms with Gasteiger partial charge in [-0.1, -0.05) is 67.3 Å². The second-order valence-corrected chi connectivity index (χ2v) is 5.62. The Kier molecular flexibility index (Phi) is 5.11. The number of aryl methyl sites for hydroxylation is 1. The molecular formula is C21H23N. The lowest BCUT2D eigenvalue weighted by Gasteiger charge is -2.22. The number of allylic oxidation sites excluding steroid dienone is 8. The molecule has 1 unspecified atom stereocenters. The Hall–Kier alpha value is -2.41. The molecule has 0 bridgehead atoms. The zero-order valence-corrected chi connectivity index (χ0v) is 13.4. The van der Waals surface area contributed by atoms with Crippen molar-refractivity contribution in [3.63, 3.8) is 0 Å². The van der Waals surface area contributed by atoms with Crippen LogP contribution in [0, 0.1) is 12.3 Å². The fourth-order valence-corrected chi connectivity index (χ4v) is 2.90. The average Bonchev–Trinajstić information content (AvgIpc) is 2.57. The highest BCUT2D eigenvalue weighted by Gasteiger charge is 2.20. The third-order valence-electron chi connectivity index (χ3n) is 4.15. The predicted octanol–water partition coefficient (Wildman–Crippen LogP) is 5.67. The van der Waals surface area contributed by atoms with Crippen molar-refractivity contribution in [1.82, 2.24) is 0 Å². The van der Waals surface area contributed by atoms with Gasteiger partial charge in [0, 0.05) is 11.5 Å². The van der Waals surface area contributed by atoms with E-state index in [0.29, 0.717) is 5.71 Å². The van der Waals surface area contributed by atoms with Gasteiger partial charge < -0.3 is 5.41 Å². The third-order valence-corrected chi connectivity index (χ3v) is 4.15. The Labute approximate surface area is 133 Å². The molecule has 0 saturated heterocycles. The van der Waals surface area contributed by atoms with Crippen LogP contribution in [0.25, 0.3) is 0 Å². The molecule has 1 N–H and O–H groups in total. The Morgan fingerprint density at radius 1 is 1.09 bits per heavy atom. The van der Waals surface area contributed by atoms with E-state index in [9.17, 15) is 0 Å². The quantitative estimate of drug-likeness (QED) is 0.741. The van der Waals surface area contributed by atoms with Gasteiger partial charge >= 0.3 is 0 Å². The molecule has 0 saturated carbocycles. The van der Waals surface area contributed by atoms with Gasteiger partial charge in [0.1, 0.15) is 0 Å². The van der Waals surface area contributed by atoms with Gasteiger partial charge in [0.05, 0.1) is 5.71 Å². The number of nitrogens with one attached hydrogen (secondary N) is 1. The molecule has 22 heavy (non-hydrogen) atoms.